The van der Waals surface area contributed by atoms with Crippen molar-refractivity contribution < 1.29 is 22.7 Å². The third kappa shape index (κ3) is 5.59. The van der Waals surface area contributed by atoms with Crippen LogP contribution in [-0.2, 0) is 27.8 Å². The molecule has 8 nitrogen and oxygen atoms in total. The molecule has 1 N–H and O–H groups in total. The lowest BCUT2D eigenvalue weighted by atomic mass is 10.1. The molecule has 2 aromatic carbocycles. The first-order chi connectivity index (χ1) is 15.4. The first kappa shape index (κ1) is 24.0. The summed E-state index contributed by atoms with van der Waals surface area (Å²) in [5.41, 5.74) is 1.97. The van der Waals surface area contributed by atoms with Gasteiger partial charge in [-0.2, -0.15) is 4.31 Å². The molecule has 0 unspecified atom stereocenters. The number of ether oxygens (including phenoxy) is 2. The number of hydrogen-bond acceptors (Lipinski definition) is 6. The Morgan fingerprint density at radius 1 is 1.03 bits per heavy atom. The second-order valence-corrected chi connectivity index (χ2v) is 9.50. The van der Waals surface area contributed by atoms with E-state index in [9.17, 15) is 13.2 Å². The van der Waals surface area contributed by atoms with Crippen LogP contribution in [0.4, 0.5) is 0 Å². The van der Waals surface area contributed by atoms with Crippen LogP contribution < -0.4 is 14.8 Å². The summed E-state index contributed by atoms with van der Waals surface area (Å²) in [7, 11) is -1.17. The summed E-state index contributed by atoms with van der Waals surface area (Å²) >= 11 is 0. The van der Waals surface area contributed by atoms with Gasteiger partial charge < -0.3 is 19.7 Å². The van der Waals surface area contributed by atoms with Crippen LogP contribution in [0, 0.1) is 0 Å². The minimum atomic E-state index is -4.06. The molecule has 0 spiro atoms. The topological polar surface area (TPSA) is 88.2 Å². The van der Waals surface area contributed by atoms with E-state index in [1.165, 1.54) is 24.6 Å². The Morgan fingerprint density at radius 2 is 1.69 bits per heavy atom. The zero-order valence-electron chi connectivity index (χ0n) is 18.8. The van der Waals surface area contributed by atoms with Crippen LogP contribution in [0.1, 0.15) is 18.1 Å². The third-order valence-electron chi connectivity index (χ3n) is 5.56. The average Bonchev–Trinajstić information content (AvgIpc) is 2.84. The molecule has 1 aliphatic rings. The molecular weight excluding hydrogens is 430 g/mol. The summed E-state index contributed by atoms with van der Waals surface area (Å²) in [6.07, 6.45) is 0.894. The highest BCUT2D eigenvalue weighted by Gasteiger charge is 2.32. The number of methoxy groups -OCH3 is 2. The van der Waals surface area contributed by atoms with Crippen molar-refractivity contribution in [2.45, 2.75) is 24.8 Å². The van der Waals surface area contributed by atoms with Crippen molar-refractivity contribution in [1.29, 1.82) is 0 Å². The molecule has 174 valence electrons. The quantitative estimate of drug-likeness (QED) is 0.614. The van der Waals surface area contributed by atoms with Crippen LogP contribution in [0.2, 0.25) is 0 Å². The lowest BCUT2D eigenvalue weighted by Crippen LogP contribution is -2.50. The minimum Gasteiger partial charge on any atom is -0.497 e. The van der Waals surface area contributed by atoms with Crippen LogP contribution >= 0.6 is 0 Å². The van der Waals surface area contributed by atoms with E-state index in [1.807, 2.05) is 24.3 Å². The highest BCUT2D eigenvalue weighted by Crippen LogP contribution is 2.31. The maximum atomic E-state index is 13.7. The van der Waals surface area contributed by atoms with Crippen molar-refractivity contribution in [2.24, 2.45) is 0 Å². The molecule has 2 aromatic rings. The zero-order chi connectivity index (χ0) is 23.1. The second kappa shape index (κ2) is 10.8. The molecule has 0 radical (unpaired) electrons. The first-order valence-electron chi connectivity index (χ1n) is 10.7. The van der Waals surface area contributed by atoms with Gasteiger partial charge in [-0.1, -0.05) is 31.2 Å². The van der Waals surface area contributed by atoms with E-state index in [0.29, 0.717) is 31.9 Å². The molecule has 9 heteroatoms. The fraction of sp³-hybridized carbons (Fsp3) is 0.435. The van der Waals surface area contributed by atoms with E-state index >= 15 is 0 Å². The highest BCUT2D eigenvalue weighted by molar-refractivity contribution is 7.89. The second-order valence-electron chi connectivity index (χ2n) is 7.59. The number of nitrogens with zero attached hydrogens (tertiary/aromatic N) is 2. The standard InChI is InChI=1S/C23H31N3O5S/c1-4-18-5-7-19(8-6-18)16-26(17-23(27)25-13-11-24-12-14-25)32(28,29)22-15-20(30-2)9-10-21(22)31-3/h5-10,15,24H,4,11-14,16-17H2,1-3H3. The number of rotatable bonds is 9. The predicted molar refractivity (Wildman–Crippen MR) is 122 cm³/mol. The molecule has 0 saturated carbocycles. The Morgan fingerprint density at radius 3 is 2.28 bits per heavy atom. The maximum absolute atomic E-state index is 13.7. The van der Waals surface area contributed by atoms with E-state index in [1.54, 1.807) is 17.0 Å². The van der Waals surface area contributed by atoms with Gasteiger partial charge in [0.25, 0.3) is 0 Å². The summed E-state index contributed by atoms with van der Waals surface area (Å²) in [4.78, 5) is 14.7. The molecule has 0 aromatic heterocycles. The SMILES string of the molecule is CCc1ccc(CN(CC(=O)N2CCNCC2)S(=O)(=O)c2cc(OC)ccc2OC)cc1. The highest BCUT2D eigenvalue weighted by atomic mass is 32.2. The van der Waals surface area contributed by atoms with Crippen molar-refractivity contribution in [2.75, 3.05) is 46.9 Å². The third-order valence-corrected chi connectivity index (χ3v) is 7.37. The van der Waals surface area contributed by atoms with E-state index in [0.717, 1.165) is 17.5 Å². The van der Waals surface area contributed by atoms with Crippen molar-refractivity contribution in [1.82, 2.24) is 14.5 Å². The molecule has 0 atom stereocenters. The van der Waals surface area contributed by atoms with Crippen LogP contribution in [0.5, 0.6) is 11.5 Å². The van der Waals surface area contributed by atoms with Crippen LogP contribution in [0.25, 0.3) is 0 Å². The van der Waals surface area contributed by atoms with Crippen molar-refractivity contribution in [3.05, 3.63) is 53.6 Å². The molecule has 32 heavy (non-hydrogen) atoms. The van der Waals surface area contributed by atoms with Gasteiger partial charge in [-0.15, -0.1) is 0 Å². The number of nitrogens with one attached hydrogen (secondary N) is 1. The summed E-state index contributed by atoms with van der Waals surface area (Å²) in [5, 5.41) is 3.20. The Hall–Kier alpha value is -2.62. The van der Waals surface area contributed by atoms with Gasteiger partial charge >= 0.3 is 0 Å². The number of carbonyl (C=O) groups is 1. The van der Waals surface area contributed by atoms with Gasteiger partial charge in [0.15, 0.2) is 0 Å². The summed E-state index contributed by atoms with van der Waals surface area (Å²) in [5.74, 6) is 0.374. The Labute approximate surface area is 190 Å². The normalized spacial score (nSPS) is 14.4. The smallest absolute Gasteiger partial charge is 0.247 e. The molecule has 1 amide bonds. The number of hydrogen-bond donors (Lipinski definition) is 1. The number of benzene rings is 2. The fourth-order valence-electron chi connectivity index (χ4n) is 3.60. The van der Waals surface area contributed by atoms with E-state index < -0.39 is 10.0 Å². The number of aryl methyl sites for hydroxylation is 1. The minimum absolute atomic E-state index is 0.0300. The molecule has 0 aliphatic carbocycles. The largest absolute Gasteiger partial charge is 0.497 e. The zero-order valence-corrected chi connectivity index (χ0v) is 19.7. The number of amides is 1. The van der Waals surface area contributed by atoms with E-state index in [-0.39, 0.29) is 29.6 Å². The maximum Gasteiger partial charge on any atom is 0.247 e. The van der Waals surface area contributed by atoms with Crippen molar-refractivity contribution in [3.63, 3.8) is 0 Å². The van der Waals surface area contributed by atoms with Gasteiger partial charge in [0, 0.05) is 38.8 Å². The van der Waals surface area contributed by atoms with Crippen molar-refractivity contribution >= 4 is 15.9 Å². The monoisotopic (exact) mass is 461 g/mol. The first-order valence-corrected chi connectivity index (χ1v) is 12.1. The molecule has 1 aliphatic heterocycles. The molecule has 0 bridgehead atoms. The van der Waals surface area contributed by atoms with Crippen LogP contribution in [0.3, 0.4) is 0 Å². The number of sulfonamides is 1. The Bertz CT molecular complexity index is 1020. The molecule has 1 saturated heterocycles. The van der Waals surface area contributed by atoms with Gasteiger partial charge in [0.2, 0.25) is 15.9 Å². The van der Waals surface area contributed by atoms with E-state index in [4.69, 9.17) is 9.47 Å². The lowest BCUT2D eigenvalue weighted by Gasteiger charge is -2.30. The Balaban J connectivity index is 1.96. The molecular formula is C23H31N3O5S. The number of piperazine rings is 1. The van der Waals surface area contributed by atoms with Gasteiger partial charge in [0.05, 0.1) is 20.8 Å². The van der Waals surface area contributed by atoms with Gasteiger partial charge in [-0.3, -0.25) is 4.79 Å². The molecule has 1 heterocycles. The lowest BCUT2D eigenvalue weighted by molar-refractivity contribution is -0.132. The summed E-state index contributed by atoms with van der Waals surface area (Å²) < 4.78 is 39.2. The summed E-state index contributed by atoms with van der Waals surface area (Å²) in [6, 6.07) is 12.4. The number of carbonyl (C=O) groups excluding carboxylic acids is 1. The summed E-state index contributed by atoms with van der Waals surface area (Å²) in [6.45, 7) is 4.39. The Kier molecular flexibility index (Phi) is 8.11. The van der Waals surface area contributed by atoms with Crippen LogP contribution in [0.15, 0.2) is 47.4 Å². The average molecular weight is 462 g/mol. The molecule has 1 fully saturated rings. The van der Waals surface area contributed by atoms with Crippen molar-refractivity contribution in [3.8, 4) is 11.5 Å². The fourth-order valence-corrected chi connectivity index (χ4v) is 5.15. The van der Waals surface area contributed by atoms with Gasteiger partial charge in [0.1, 0.15) is 16.4 Å². The van der Waals surface area contributed by atoms with Gasteiger partial charge in [-0.05, 0) is 29.7 Å². The molecule has 3 rings (SSSR count). The van der Waals surface area contributed by atoms with Crippen LogP contribution in [-0.4, -0.2) is 70.5 Å². The predicted octanol–water partition coefficient (Wildman–Crippen LogP) is 1.89. The van der Waals surface area contributed by atoms with Gasteiger partial charge in [-0.25, -0.2) is 8.42 Å². The van der Waals surface area contributed by atoms with E-state index in [2.05, 4.69) is 12.2 Å².